The summed E-state index contributed by atoms with van der Waals surface area (Å²) in [5.41, 5.74) is 2.09. The molecule has 0 bridgehead atoms. The molecule has 2 heterocycles. The van der Waals surface area contributed by atoms with E-state index in [0.29, 0.717) is 23.6 Å². The molecule has 1 unspecified atom stereocenters. The lowest BCUT2D eigenvalue weighted by Crippen LogP contribution is -2.22. The third kappa shape index (κ3) is 4.08. The minimum atomic E-state index is -2.96. The summed E-state index contributed by atoms with van der Waals surface area (Å²) in [7, 11) is -2.96. The number of anilines is 2. The van der Waals surface area contributed by atoms with Crippen molar-refractivity contribution in [2.45, 2.75) is 19.4 Å². The third-order valence-electron chi connectivity index (χ3n) is 3.76. The predicted octanol–water partition coefficient (Wildman–Crippen LogP) is 1.64. The fraction of sp³-hybridized carbons (Fsp3) is 0.312. The van der Waals surface area contributed by atoms with Gasteiger partial charge in [-0.1, -0.05) is 12.1 Å². The Balaban J connectivity index is 1.62. The Morgan fingerprint density at radius 3 is 2.62 bits per heavy atom. The van der Waals surface area contributed by atoms with Crippen molar-refractivity contribution in [3.8, 4) is 0 Å². The molecule has 1 saturated heterocycles. The highest BCUT2D eigenvalue weighted by atomic mass is 32.2. The van der Waals surface area contributed by atoms with Crippen LogP contribution in [0.5, 0.6) is 0 Å². The first-order valence-electron chi connectivity index (χ1n) is 7.58. The monoisotopic (exact) mass is 346 g/mol. The molecule has 8 heteroatoms. The summed E-state index contributed by atoms with van der Waals surface area (Å²) in [5.74, 6) is 0.299. The topological polar surface area (TPSA) is 101 Å². The van der Waals surface area contributed by atoms with Gasteiger partial charge in [-0.2, -0.15) is 0 Å². The largest absolute Gasteiger partial charge is 0.350 e. The van der Waals surface area contributed by atoms with Gasteiger partial charge in [0.25, 0.3) is 5.91 Å². The lowest BCUT2D eigenvalue weighted by Gasteiger charge is -2.10. The van der Waals surface area contributed by atoms with Gasteiger partial charge in [0.15, 0.2) is 9.84 Å². The average molecular weight is 346 g/mol. The van der Waals surface area contributed by atoms with Crippen molar-refractivity contribution in [3.05, 3.63) is 47.8 Å². The van der Waals surface area contributed by atoms with Crippen LogP contribution in [-0.2, 0) is 9.84 Å². The molecule has 1 aromatic heterocycles. The van der Waals surface area contributed by atoms with Crippen molar-refractivity contribution in [2.75, 3.05) is 22.1 Å². The molecule has 1 atom stereocenters. The molecule has 1 fully saturated rings. The number of nitrogens with zero attached hydrogens (tertiary/aromatic N) is 2. The second-order valence-corrected chi connectivity index (χ2v) is 8.09. The van der Waals surface area contributed by atoms with Crippen molar-refractivity contribution < 1.29 is 13.2 Å². The number of aromatic nitrogens is 2. The Bertz CT molecular complexity index is 850. The number of hydrogen-bond acceptors (Lipinski definition) is 6. The van der Waals surface area contributed by atoms with Gasteiger partial charge in [0.05, 0.1) is 17.1 Å². The van der Waals surface area contributed by atoms with Crippen molar-refractivity contribution in [1.82, 2.24) is 9.97 Å². The Labute approximate surface area is 140 Å². The van der Waals surface area contributed by atoms with Gasteiger partial charge in [-0.25, -0.2) is 18.4 Å². The van der Waals surface area contributed by atoms with Gasteiger partial charge in [0.1, 0.15) is 0 Å². The number of benzene rings is 1. The van der Waals surface area contributed by atoms with E-state index in [4.69, 9.17) is 0 Å². The smallest absolute Gasteiger partial charge is 0.258 e. The maximum absolute atomic E-state index is 12.2. The lowest BCUT2D eigenvalue weighted by atomic mass is 10.2. The summed E-state index contributed by atoms with van der Waals surface area (Å²) in [5, 5.41) is 5.77. The zero-order valence-corrected chi connectivity index (χ0v) is 14.0. The zero-order valence-electron chi connectivity index (χ0n) is 13.2. The minimum absolute atomic E-state index is 0.0892. The van der Waals surface area contributed by atoms with Crippen molar-refractivity contribution in [1.29, 1.82) is 0 Å². The van der Waals surface area contributed by atoms with Crippen molar-refractivity contribution in [3.63, 3.8) is 0 Å². The SMILES string of the molecule is Cc1cccc(NC(=O)c2cnc(NC3CCS(=O)(=O)C3)nc2)c1. The van der Waals surface area contributed by atoms with Crippen LogP contribution in [0.2, 0.25) is 0 Å². The van der Waals surface area contributed by atoms with E-state index in [1.165, 1.54) is 12.4 Å². The molecule has 0 aliphatic carbocycles. The highest BCUT2D eigenvalue weighted by molar-refractivity contribution is 7.91. The lowest BCUT2D eigenvalue weighted by molar-refractivity contribution is 0.102. The van der Waals surface area contributed by atoms with Gasteiger partial charge in [-0.3, -0.25) is 4.79 Å². The van der Waals surface area contributed by atoms with Crippen LogP contribution >= 0.6 is 0 Å². The van der Waals surface area contributed by atoms with Gasteiger partial charge in [-0.05, 0) is 31.0 Å². The second-order valence-electron chi connectivity index (χ2n) is 5.86. The number of nitrogens with one attached hydrogen (secondary N) is 2. The Kier molecular flexibility index (Phi) is 4.48. The van der Waals surface area contributed by atoms with Crippen LogP contribution in [0.3, 0.4) is 0 Å². The number of sulfone groups is 1. The van der Waals surface area contributed by atoms with Crippen molar-refractivity contribution >= 4 is 27.4 Å². The molecule has 24 heavy (non-hydrogen) atoms. The summed E-state index contributed by atoms with van der Waals surface area (Å²) in [6.07, 6.45) is 3.38. The first-order valence-corrected chi connectivity index (χ1v) is 9.40. The standard InChI is InChI=1S/C16H18N4O3S/c1-11-3-2-4-13(7-11)19-15(21)12-8-17-16(18-9-12)20-14-5-6-24(22,23)10-14/h2-4,7-9,14H,5-6,10H2,1H3,(H,19,21)(H,17,18,20). The molecule has 1 aliphatic rings. The Morgan fingerprint density at radius 2 is 2.00 bits per heavy atom. The quantitative estimate of drug-likeness (QED) is 0.873. The van der Waals surface area contributed by atoms with Crippen LogP contribution < -0.4 is 10.6 Å². The first-order chi connectivity index (χ1) is 11.4. The molecule has 126 valence electrons. The van der Waals surface area contributed by atoms with E-state index in [0.717, 1.165) is 5.56 Å². The zero-order chi connectivity index (χ0) is 17.2. The minimum Gasteiger partial charge on any atom is -0.350 e. The van der Waals surface area contributed by atoms with Crippen LogP contribution in [-0.4, -0.2) is 41.8 Å². The maximum atomic E-state index is 12.2. The number of hydrogen-bond donors (Lipinski definition) is 2. The fourth-order valence-electron chi connectivity index (χ4n) is 2.54. The maximum Gasteiger partial charge on any atom is 0.258 e. The molecule has 0 radical (unpaired) electrons. The van der Waals surface area contributed by atoms with Gasteiger partial charge >= 0.3 is 0 Å². The van der Waals surface area contributed by atoms with Gasteiger partial charge in [0, 0.05) is 24.1 Å². The number of rotatable bonds is 4. The van der Waals surface area contributed by atoms with E-state index in [2.05, 4.69) is 20.6 Å². The number of carbonyl (C=O) groups is 1. The molecule has 1 amide bonds. The van der Waals surface area contributed by atoms with Crippen LogP contribution in [0.1, 0.15) is 22.3 Å². The van der Waals surface area contributed by atoms with E-state index in [1.54, 1.807) is 0 Å². The Morgan fingerprint density at radius 1 is 1.25 bits per heavy atom. The molecule has 1 aromatic carbocycles. The Hall–Kier alpha value is -2.48. The number of aryl methyl sites for hydroxylation is 1. The summed E-state index contributed by atoms with van der Waals surface area (Å²) in [6, 6.07) is 7.31. The summed E-state index contributed by atoms with van der Waals surface area (Å²) in [4.78, 5) is 20.4. The van der Waals surface area contributed by atoms with Gasteiger partial charge in [-0.15, -0.1) is 0 Å². The van der Waals surface area contributed by atoms with E-state index in [9.17, 15) is 13.2 Å². The summed E-state index contributed by atoms with van der Waals surface area (Å²) in [6.45, 7) is 1.95. The van der Waals surface area contributed by atoms with E-state index in [-0.39, 0.29) is 23.5 Å². The van der Waals surface area contributed by atoms with Crippen LogP contribution in [0.4, 0.5) is 11.6 Å². The van der Waals surface area contributed by atoms with Gasteiger partial charge in [0.2, 0.25) is 5.95 Å². The average Bonchev–Trinajstić information content (AvgIpc) is 2.87. The molecule has 0 spiro atoms. The second kappa shape index (κ2) is 6.56. The summed E-state index contributed by atoms with van der Waals surface area (Å²) < 4.78 is 22.9. The number of carbonyl (C=O) groups excluding carboxylic acids is 1. The highest BCUT2D eigenvalue weighted by Crippen LogP contribution is 2.15. The third-order valence-corrected chi connectivity index (χ3v) is 5.52. The molecule has 2 N–H and O–H groups in total. The van der Waals surface area contributed by atoms with E-state index in [1.807, 2.05) is 31.2 Å². The van der Waals surface area contributed by atoms with Crippen LogP contribution in [0.25, 0.3) is 0 Å². The predicted molar refractivity (Wildman–Crippen MR) is 91.8 cm³/mol. The molecular formula is C16H18N4O3S. The van der Waals surface area contributed by atoms with Crippen LogP contribution in [0, 0.1) is 6.92 Å². The summed E-state index contributed by atoms with van der Waals surface area (Å²) >= 11 is 0. The highest BCUT2D eigenvalue weighted by Gasteiger charge is 2.28. The molecule has 0 saturated carbocycles. The van der Waals surface area contributed by atoms with Crippen molar-refractivity contribution in [2.24, 2.45) is 0 Å². The van der Waals surface area contributed by atoms with Crippen LogP contribution in [0.15, 0.2) is 36.7 Å². The van der Waals surface area contributed by atoms with E-state index >= 15 is 0 Å². The molecule has 2 aromatic rings. The fourth-order valence-corrected chi connectivity index (χ4v) is 4.21. The van der Waals surface area contributed by atoms with Gasteiger partial charge < -0.3 is 10.6 Å². The molecule has 1 aliphatic heterocycles. The first kappa shape index (κ1) is 16.4. The molecule has 7 nitrogen and oxygen atoms in total. The van der Waals surface area contributed by atoms with E-state index < -0.39 is 9.84 Å². The molecule has 3 rings (SSSR count). The normalized spacial score (nSPS) is 19.0. The number of amides is 1. The molecular weight excluding hydrogens is 328 g/mol.